The molecule has 10 rings (SSSR count). The van der Waals surface area contributed by atoms with Crippen LogP contribution in [0.2, 0.25) is 0 Å². The van der Waals surface area contributed by atoms with Gasteiger partial charge in [0, 0.05) is 22.5 Å². The number of anilines is 3. The number of rotatable bonds is 7. The molecule has 3 unspecified atom stereocenters. The lowest BCUT2D eigenvalue weighted by Gasteiger charge is -2.29. The molecule has 0 N–H and O–H groups in total. The van der Waals surface area contributed by atoms with Crippen molar-refractivity contribution in [2.45, 2.75) is 88.9 Å². The van der Waals surface area contributed by atoms with Crippen molar-refractivity contribution in [1.82, 2.24) is 0 Å². The zero-order valence-corrected chi connectivity index (χ0v) is 31.4. The summed E-state index contributed by atoms with van der Waals surface area (Å²) in [6.07, 6.45) is 12.4. The van der Waals surface area contributed by atoms with Gasteiger partial charge in [-0.05, 0) is 148 Å². The van der Waals surface area contributed by atoms with Crippen LogP contribution in [0, 0.1) is 11.8 Å². The van der Waals surface area contributed by atoms with Gasteiger partial charge in [-0.25, -0.2) is 0 Å². The Labute approximate surface area is 316 Å². The highest BCUT2D eigenvalue weighted by Gasteiger charge is 2.40. The van der Waals surface area contributed by atoms with Crippen LogP contribution in [0.3, 0.4) is 0 Å². The summed E-state index contributed by atoms with van der Waals surface area (Å²) in [5.74, 6) is 3.24. The number of benzene rings is 6. The van der Waals surface area contributed by atoms with Crippen molar-refractivity contribution in [2.24, 2.45) is 11.8 Å². The molecule has 0 spiro atoms. The minimum absolute atomic E-state index is 0.142. The highest BCUT2D eigenvalue weighted by molar-refractivity contribution is 5.90. The van der Waals surface area contributed by atoms with Crippen molar-refractivity contribution >= 4 is 17.1 Å². The summed E-state index contributed by atoms with van der Waals surface area (Å²) >= 11 is 0. The SMILES string of the molecule is CC1(C)c2cc(N(c3ccc(-c4ccccc4C4CCCCC4)cc3)c3ccc(C4CC5CCC4C5)cc3)ccc2-c2cccc(-c3ccccc3)c21. The third-order valence-corrected chi connectivity index (χ3v) is 13.8. The molecule has 2 bridgehead atoms. The fourth-order valence-electron chi connectivity index (χ4n) is 11.2. The van der Waals surface area contributed by atoms with Gasteiger partial charge in [0.2, 0.25) is 0 Å². The summed E-state index contributed by atoms with van der Waals surface area (Å²) in [6.45, 7) is 4.84. The average molecular weight is 690 g/mol. The number of nitrogens with zero attached hydrogens (tertiary/aromatic N) is 1. The molecule has 4 aliphatic carbocycles. The molecular weight excluding hydrogens is 639 g/mol. The van der Waals surface area contributed by atoms with Crippen LogP contribution in [0.1, 0.15) is 106 Å². The molecule has 53 heavy (non-hydrogen) atoms. The Morgan fingerprint density at radius 3 is 1.91 bits per heavy atom. The molecule has 264 valence electrons. The molecule has 6 aromatic carbocycles. The maximum absolute atomic E-state index is 2.50. The summed E-state index contributed by atoms with van der Waals surface area (Å²) in [7, 11) is 0. The standard InChI is InChI=1S/C52H51N/c1-52(2)50-34-43(30-31-47(50)48-19-11-18-46(51(48)52)37-14-7-4-8-15-37)53(42-28-24-39(25-29-42)49-33-35-20-21-40(49)32-35)41-26-22-38(23-27-41)45-17-10-9-16-44(45)36-12-5-3-6-13-36/h4,7-11,14-19,22-31,34-36,40,49H,3,5-6,12-13,20-21,32-33H2,1-2H3. The van der Waals surface area contributed by atoms with Crippen molar-refractivity contribution in [3.05, 3.63) is 162 Å². The van der Waals surface area contributed by atoms with Crippen LogP contribution in [0.15, 0.2) is 140 Å². The van der Waals surface area contributed by atoms with Crippen molar-refractivity contribution in [3.8, 4) is 33.4 Å². The third kappa shape index (κ3) is 5.67. The van der Waals surface area contributed by atoms with Crippen molar-refractivity contribution in [3.63, 3.8) is 0 Å². The van der Waals surface area contributed by atoms with Crippen LogP contribution >= 0.6 is 0 Å². The molecule has 0 aliphatic heterocycles. The Hall–Kier alpha value is -4.88. The zero-order chi connectivity index (χ0) is 35.5. The quantitative estimate of drug-likeness (QED) is 0.161. The predicted octanol–water partition coefficient (Wildman–Crippen LogP) is 14.7. The zero-order valence-electron chi connectivity index (χ0n) is 31.4. The van der Waals surface area contributed by atoms with Gasteiger partial charge in [0.15, 0.2) is 0 Å². The Balaban J connectivity index is 1.05. The van der Waals surface area contributed by atoms with Crippen LogP contribution in [-0.4, -0.2) is 0 Å². The van der Waals surface area contributed by atoms with E-state index in [9.17, 15) is 0 Å². The van der Waals surface area contributed by atoms with E-state index >= 15 is 0 Å². The van der Waals surface area contributed by atoms with E-state index in [2.05, 4.69) is 158 Å². The van der Waals surface area contributed by atoms with Crippen LogP contribution in [-0.2, 0) is 5.41 Å². The predicted molar refractivity (Wildman–Crippen MR) is 224 cm³/mol. The fraction of sp³-hybridized carbons (Fsp3) is 0.308. The molecule has 1 heteroatoms. The first-order valence-corrected chi connectivity index (χ1v) is 20.5. The molecule has 3 atom stereocenters. The van der Waals surface area contributed by atoms with Gasteiger partial charge in [0.25, 0.3) is 0 Å². The molecule has 0 saturated heterocycles. The topological polar surface area (TPSA) is 3.24 Å². The number of hydrogen-bond donors (Lipinski definition) is 0. The molecular formula is C52H51N. The minimum atomic E-state index is -0.142. The smallest absolute Gasteiger partial charge is 0.0465 e. The third-order valence-electron chi connectivity index (χ3n) is 13.8. The summed E-state index contributed by atoms with van der Waals surface area (Å²) in [6, 6.07) is 53.3. The first-order chi connectivity index (χ1) is 26.0. The van der Waals surface area contributed by atoms with Gasteiger partial charge in [-0.3, -0.25) is 0 Å². The molecule has 0 heterocycles. The van der Waals surface area contributed by atoms with E-state index in [0.717, 1.165) is 17.8 Å². The molecule has 6 aromatic rings. The van der Waals surface area contributed by atoms with Crippen LogP contribution in [0.25, 0.3) is 33.4 Å². The van der Waals surface area contributed by atoms with Crippen molar-refractivity contribution in [1.29, 1.82) is 0 Å². The Morgan fingerprint density at radius 2 is 1.17 bits per heavy atom. The van der Waals surface area contributed by atoms with E-state index in [-0.39, 0.29) is 5.41 Å². The highest BCUT2D eigenvalue weighted by Crippen LogP contribution is 2.55. The van der Waals surface area contributed by atoms with Gasteiger partial charge < -0.3 is 4.90 Å². The minimum Gasteiger partial charge on any atom is -0.310 e. The molecule has 3 fully saturated rings. The van der Waals surface area contributed by atoms with E-state index in [1.807, 2.05) is 0 Å². The van der Waals surface area contributed by atoms with Crippen molar-refractivity contribution < 1.29 is 0 Å². The van der Waals surface area contributed by atoms with E-state index in [4.69, 9.17) is 0 Å². The lowest BCUT2D eigenvalue weighted by Crippen LogP contribution is -2.17. The summed E-state index contributed by atoms with van der Waals surface area (Å²) < 4.78 is 0. The Morgan fingerprint density at radius 1 is 0.509 bits per heavy atom. The Bertz CT molecular complexity index is 2250. The second-order valence-corrected chi connectivity index (χ2v) is 17.1. The van der Waals surface area contributed by atoms with E-state index in [1.165, 1.54) is 130 Å². The average Bonchev–Trinajstić information content (AvgIpc) is 3.92. The molecule has 1 nitrogen and oxygen atoms in total. The van der Waals surface area contributed by atoms with Gasteiger partial charge >= 0.3 is 0 Å². The van der Waals surface area contributed by atoms with Crippen LogP contribution < -0.4 is 4.90 Å². The van der Waals surface area contributed by atoms with Gasteiger partial charge in [-0.2, -0.15) is 0 Å². The van der Waals surface area contributed by atoms with E-state index < -0.39 is 0 Å². The summed E-state index contributed by atoms with van der Waals surface area (Å²) in [5.41, 5.74) is 17.5. The Kier molecular flexibility index (Phi) is 8.16. The van der Waals surface area contributed by atoms with Gasteiger partial charge in [0.1, 0.15) is 0 Å². The lowest BCUT2D eigenvalue weighted by atomic mass is 9.78. The molecule has 0 amide bonds. The second-order valence-electron chi connectivity index (χ2n) is 17.1. The fourth-order valence-corrected chi connectivity index (χ4v) is 11.2. The van der Waals surface area contributed by atoms with Crippen molar-refractivity contribution in [2.75, 3.05) is 4.90 Å². The largest absolute Gasteiger partial charge is 0.310 e. The first kappa shape index (κ1) is 32.7. The van der Waals surface area contributed by atoms with Gasteiger partial charge in [0.05, 0.1) is 0 Å². The maximum atomic E-state index is 2.50. The number of hydrogen-bond acceptors (Lipinski definition) is 1. The normalized spacial score (nSPS) is 21.4. The monoisotopic (exact) mass is 689 g/mol. The summed E-state index contributed by atoms with van der Waals surface area (Å²) in [5, 5.41) is 0. The van der Waals surface area contributed by atoms with E-state index in [1.54, 1.807) is 0 Å². The van der Waals surface area contributed by atoms with E-state index in [0.29, 0.717) is 5.92 Å². The highest BCUT2D eigenvalue weighted by atomic mass is 15.1. The molecule has 0 radical (unpaired) electrons. The number of fused-ring (bicyclic) bond motifs is 5. The maximum Gasteiger partial charge on any atom is 0.0465 e. The summed E-state index contributed by atoms with van der Waals surface area (Å²) in [4.78, 5) is 2.50. The van der Waals surface area contributed by atoms with Gasteiger partial charge in [-0.15, -0.1) is 0 Å². The lowest BCUT2D eigenvalue weighted by molar-refractivity contribution is 0.420. The molecule has 4 aliphatic rings. The van der Waals surface area contributed by atoms with Crippen LogP contribution in [0.4, 0.5) is 17.1 Å². The molecule has 0 aromatic heterocycles. The first-order valence-electron chi connectivity index (χ1n) is 20.5. The second kappa shape index (κ2) is 13.2. The van der Waals surface area contributed by atoms with Gasteiger partial charge in [-0.1, -0.05) is 143 Å². The molecule has 3 saturated carbocycles. The van der Waals surface area contributed by atoms with Crippen LogP contribution in [0.5, 0.6) is 0 Å².